The molecule has 1 rings (SSSR count). The van der Waals surface area contributed by atoms with Crippen molar-refractivity contribution < 1.29 is 9.53 Å². The van der Waals surface area contributed by atoms with E-state index in [9.17, 15) is 4.79 Å². The smallest absolute Gasteiger partial charge is 0.349 e. The molecule has 0 aliphatic rings. The molecule has 0 spiro atoms. The van der Waals surface area contributed by atoms with Gasteiger partial charge in [-0.2, -0.15) is 5.26 Å². The van der Waals surface area contributed by atoms with Gasteiger partial charge in [0.2, 0.25) is 0 Å². The fraction of sp³-hybridized carbons (Fsp3) is 0.333. The minimum atomic E-state index is -0.603. The summed E-state index contributed by atoms with van der Waals surface area (Å²) in [6.07, 6.45) is 3.49. The molecule has 116 valence electrons. The van der Waals surface area contributed by atoms with E-state index in [2.05, 4.69) is 13.8 Å². The molecule has 0 saturated carbocycles. The van der Waals surface area contributed by atoms with Crippen molar-refractivity contribution in [3.8, 4) is 6.07 Å². The molecule has 0 saturated heterocycles. The molecule has 0 amide bonds. The van der Waals surface area contributed by atoms with Crippen molar-refractivity contribution >= 4 is 23.6 Å². The summed E-state index contributed by atoms with van der Waals surface area (Å²) in [7, 11) is 0. The number of nitrogens with zero attached hydrogens (tertiary/aromatic N) is 1. The first-order valence-corrected chi connectivity index (χ1v) is 7.54. The van der Waals surface area contributed by atoms with Crippen LogP contribution in [0.2, 0.25) is 5.02 Å². The largest absolute Gasteiger partial charge is 0.462 e. The third kappa shape index (κ3) is 4.75. The van der Waals surface area contributed by atoms with Crippen LogP contribution in [0.15, 0.2) is 35.4 Å². The average molecular weight is 318 g/mol. The lowest BCUT2D eigenvalue weighted by molar-refractivity contribution is -0.138. The number of hydrogen-bond acceptors (Lipinski definition) is 3. The second kappa shape index (κ2) is 8.41. The number of carbonyl (C=O) groups is 1. The van der Waals surface area contributed by atoms with Crippen molar-refractivity contribution in [1.82, 2.24) is 0 Å². The quantitative estimate of drug-likeness (QED) is 0.336. The van der Waals surface area contributed by atoms with Crippen LogP contribution in [0.25, 0.3) is 6.08 Å². The van der Waals surface area contributed by atoms with Crippen molar-refractivity contribution in [3.63, 3.8) is 0 Å². The van der Waals surface area contributed by atoms with Gasteiger partial charge in [-0.15, -0.1) is 0 Å². The van der Waals surface area contributed by atoms with Crippen molar-refractivity contribution in [1.29, 1.82) is 5.26 Å². The summed E-state index contributed by atoms with van der Waals surface area (Å²) >= 11 is 6.26. The molecular weight excluding hydrogens is 298 g/mol. The molecule has 0 aliphatic carbocycles. The van der Waals surface area contributed by atoms with Crippen molar-refractivity contribution in [2.75, 3.05) is 6.61 Å². The van der Waals surface area contributed by atoms with E-state index in [4.69, 9.17) is 21.6 Å². The van der Waals surface area contributed by atoms with E-state index < -0.39 is 5.97 Å². The Morgan fingerprint density at radius 2 is 2.14 bits per heavy atom. The molecule has 1 aromatic rings. The summed E-state index contributed by atoms with van der Waals surface area (Å²) in [5, 5.41) is 9.72. The second-order valence-electron chi connectivity index (χ2n) is 5.16. The predicted molar refractivity (Wildman–Crippen MR) is 89.5 cm³/mol. The van der Waals surface area contributed by atoms with Crippen molar-refractivity contribution in [2.24, 2.45) is 0 Å². The van der Waals surface area contributed by atoms with Crippen LogP contribution >= 0.6 is 11.6 Å². The van der Waals surface area contributed by atoms with Crippen LogP contribution in [-0.2, 0) is 9.53 Å². The first-order chi connectivity index (χ1) is 10.4. The van der Waals surface area contributed by atoms with Gasteiger partial charge in [0.25, 0.3) is 0 Å². The molecule has 22 heavy (non-hydrogen) atoms. The first kappa shape index (κ1) is 18.0. The van der Waals surface area contributed by atoms with Crippen LogP contribution in [-0.4, -0.2) is 12.6 Å². The van der Waals surface area contributed by atoms with E-state index in [-0.39, 0.29) is 12.2 Å². The van der Waals surface area contributed by atoms with Gasteiger partial charge in [-0.25, -0.2) is 4.79 Å². The number of rotatable bonds is 5. The minimum absolute atomic E-state index is 0.00743. The summed E-state index contributed by atoms with van der Waals surface area (Å²) in [6, 6.07) is 7.76. The number of nitriles is 1. The fourth-order valence-corrected chi connectivity index (χ4v) is 2.09. The standard InChI is InChI=1S/C18H20ClNO2/c1-5-22-18(21)16(11-20)13(4)6-7-14-8-9-15(12(2)3)10-17(14)19/h6-10,12H,5H2,1-4H3/b7-6+,16-13+. The van der Waals surface area contributed by atoms with Gasteiger partial charge < -0.3 is 4.74 Å². The summed E-state index contributed by atoms with van der Waals surface area (Å²) < 4.78 is 4.85. The van der Waals surface area contributed by atoms with Gasteiger partial charge in [-0.05, 0) is 42.5 Å². The van der Waals surface area contributed by atoms with Gasteiger partial charge in [0.15, 0.2) is 0 Å². The van der Waals surface area contributed by atoms with E-state index in [1.165, 1.54) is 5.56 Å². The molecule has 3 nitrogen and oxygen atoms in total. The van der Waals surface area contributed by atoms with Crippen LogP contribution < -0.4 is 0 Å². The normalized spacial score (nSPS) is 12.2. The number of ether oxygens (including phenoxy) is 1. The highest BCUT2D eigenvalue weighted by atomic mass is 35.5. The third-order valence-corrected chi connectivity index (χ3v) is 3.52. The third-order valence-electron chi connectivity index (χ3n) is 3.19. The van der Waals surface area contributed by atoms with Gasteiger partial charge in [-0.3, -0.25) is 0 Å². The molecule has 0 aromatic heterocycles. The Kier molecular flexibility index (Phi) is 6.88. The molecule has 0 N–H and O–H groups in total. The van der Waals surface area contributed by atoms with E-state index >= 15 is 0 Å². The number of halogens is 1. The average Bonchev–Trinajstić information content (AvgIpc) is 2.46. The summed E-state index contributed by atoms with van der Waals surface area (Å²) in [5.41, 5.74) is 2.56. The Morgan fingerprint density at radius 3 is 2.64 bits per heavy atom. The maximum atomic E-state index is 11.7. The molecule has 1 aromatic carbocycles. The maximum absolute atomic E-state index is 11.7. The van der Waals surface area contributed by atoms with Crippen molar-refractivity contribution in [2.45, 2.75) is 33.6 Å². The molecule has 0 fully saturated rings. The van der Waals surface area contributed by atoms with E-state index in [0.717, 1.165) is 5.56 Å². The Hall–Kier alpha value is -2.05. The van der Waals surface area contributed by atoms with Gasteiger partial charge in [0.05, 0.1) is 6.61 Å². The molecule has 0 bridgehead atoms. The Labute approximate surface area is 136 Å². The molecule has 4 heteroatoms. The SMILES string of the molecule is CCOC(=O)/C(C#N)=C(C)/C=C/c1ccc(C(C)C)cc1Cl. The number of benzene rings is 1. The zero-order chi connectivity index (χ0) is 16.7. The summed E-state index contributed by atoms with van der Waals surface area (Å²) in [4.78, 5) is 11.7. The lowest BCUT2D eigenvalue weighted by Crippen LogP contribution is -2.07. The number of esters is 1. The van der Waals surface area contributed by atoms with Gasteiger partial charge >= 0.3 is 5.97 Å². The van der Waals surface area contributed by atoms with Gasteiger partial charge in [0.1, 0.15) is 11.6 Å². The van der Waals surface area contributed by atoms with E-state index in [1.54, 1.807) is 26.0 Å². The zero-order valence-electron chi connectivity index (χ0n) is 13.3. The van der Waals surface area contributed by atoms with Crippen LogP contribution in [0.3, 0.4) is 0 Å². The topological polar surface area (TPSA) is 50.1 Å². The molecule has 0 atom stereocenters. The molecular formula is C18H20ClNO2. The highest BCUT2D eigenvalue weighted by molar-refractivity contribution is 6.32. The number of allylic oxidation sites excluding steroid dienone is 2. The fourth-order valence-electron chi connectivity index (χ4n) is 1.83. The van der Waals surface area contributed by atoms with Crippen LogP contribution in [0, 0.1) is 11.3 Å². The van der Waals surface area contributed by atoms with Crippen LogP contribution in [0.5, 0.6) is 0 Å². The Balaban J connectivity index is 3.05. The maximum Gasteiger partial charge on any atom is 0.349 e. The predicted octanol–water partition coefficient (Wildman–Crippen LogP) is 4.88. The molecule has 0 aliphatic heterocycles. The highest BCUT2D eigenvalue weighted by Gasteiger charge is 2.12. The van der Waals surface area contributed by atoms with E-state index in [1.807, 2.05) is 24.3 Å². The zero-order valence-corrected chi connectivity index (χ0v) is 14.1. The minimum Gasteiger partial charge on any atom is -0.462 e. The Morgan fingerprint density at radius 1 is 1.45 bits per heavy atom. The van der Waals surface area contributed by atoms with E-state index in [0.29, 0.717) is 16.5 Å². The molecule has 0 unspecified atom stereocenters. The summed E-state index contributed by atoms with van der Waals surface area (Å²) in [5.74, 6) is -0.195. The van der Waals surface area contributed by atoms with Gasteiger partial charge in [-0.1, -0.05) is 49.7 Å². The lowest BCUT2D eigenvalue weighted by Gasteiger charge is -2.07. The van der Waals surface area contributed by atoms with Crippen LogP contribution in [0.1, 0.15) is 44.7 Å². The van der Waals surface area contributed by atoms with Crippen molar-refractivity contribution in [3.05, 3.63) is 51.6 Å². The molecule has 0 heterocycles. The number of carbonyl (C=O) groups excluding carboxylic acids is 1. The first-order valence-electron chi connectivity index (χ1n) is 7.16. The van der Waals surface area contributed by atoms with Gasteiger partial charge in [0, 0.05) is 5.02 Å². The highest BCUT2D eigenvalue weighted by Crippen LogP contribution is 2.24. The molecule has 0 radical (unpaired) electrons. The number of hydrogen-bond donors (Lipinski definition) is 0. The second-order valence-corrected chi connectivity index (χ2v) is 5.57. The summed E-state index contributed by atoms with van der Waals surface area (Å²) in [6.45, 7) is 7.85. The monoisotopic (exact) mass is 317 g/mol. The lowest BCUT2D eigenvalue weighted by atomic mass is 10.0. The van der Waals surface area contributed by atoms with Crippen LogP contribution in [0.4, 0.5) is 0 Å². The Bertz CT molecular complexity index is 652.